The van der Waals surface area contributed by atoms with Crippen LogP contribution in [0.3, 0.4) is 0 Å². The molecule has 1 aliphatic heterocycles. The summed E-state index contributed by atoms with van der Waals surface area (Å²) in [6, 6.07) is 4.48. The van der Waals surface area contributed by atoms with Crippen LogP contribution < -0.4 is 5.32 Å². The molecule has 92 valence electrons. The number of hydrogen-bond donors (Lipinski definition) is 1. The number of piperazine rings is 1. The molecule has 0 spiro atoms. The number of aromatic nitrogens is 1. The first-order chi connectivity index (χ1) is 8.63. The molecule has 0 radical (unpaired) electrons. The largest absolute Gasteiger partial charge is 0.353 e. The molecule has 2 heterocycles. The molecule has 1 N–H and O–H groups in total. The van der Waals surface area contributed by atoms with Gasteiger partial charge < -0.3 is 10.2 Å². The van der Waals surface area contributed by atoms with Gasteiger partial charge in [0, 0.05) is 19.3 Å². The average Bonchev–Trinajstić information content (AvgIpc) is 2.41. The van der Waals surface area contributed by atoms with Crippen molar-refractivity contribution in [1.29, 1.82) is 5.26 Å². The van der Waals surface area contributed by atoms with Gasteiger partial charge in [-0.3, -0.25) is 9.59 Å². The molecule has 1 unspecified atom stereocenters. The van der Waals surface area contributed by atoms with Gasteiger partial charge >= 0.3 is 0 Å². The highest BCUT2D eigenvalue weighted by Crippen LogP contribution is 2.09. The molecule has 2 rings (SSSR count). The first kappa shape index (κ1) is 12.0. The zero-order chi connectivity index (χ0) is 13.1. The Morgan fingerprint density at radius 2 is 2.39 bits per heavy atom. The highest BCUT2D eigenvalue weighted by Gasteiger charge is 2.30. The van der Waals surface area contributed by atoms with Crippen molar-refractivity contribution in [3.05, 3.63) is 29.6 Å². The van der Waals surface area contributed by atoms with Gasteiger partial charge in [-0.1, -0.05) is 0 Å². The third-order valence-electron chi connectivity index (χ3n) is 2.87. The number of carbonyl (C=O) groups excluding carboxylic acids is 2. The van der Waals surface area contributed by atoms with Crippen LogP contribution in [-0.4, -0.2) is 40.8 Å². The van der Waals surface area contributed by atoms with Crippen LogP contribution in [0, 0.1) is 11.3 Å². The number of nitriles is 1. The number of amides is 2. The van der Waals surface area contributed by atoms with Crippen molar-refractivity contribution in [3.63, 3.8) is 0 Å². The molecule has 0 aromatic carbocycles. The van der Waals surface area contributed by atoms with E-state index in [0.29, 0.717) is 18.7 Å². The van der Waals surface area contributed by atoms with E-state index < -0.39 is 6.04 Å². The number of pyridine rings is 1. The average molecular weight is 244 g/mol. The normalized spacial score (nSPS) is 19.0. The number of nitrogens with zero attached hydrogens (tertiary/aromatic N) is 3. The van der Waals surface area contributed by atoms with E-state index in [9.17, 15) is 9.59 Å². The fourth-order valence-electron chi connectivity index (χ4n) is 1.79. The predicted octanol–water partition coefficient (Wildman–Crippen LogP) is -0.0862. The van der Waals surface area contributed by atoms with Crippen LogP contribution in [0.25, 0.3) is 0 Å². The number of hydrogen-bond acceptors (Lipinski definition) is 4. The summed E-state index contributed by atoms with van der Waals surface area (Å²) in [6.45, 7) is 2.59. The van der Waals surface area contributed by atoms with E-state index in [1.165, 1.54) is 23.2 Å². The van der Waals surface area contributed by atoms with Gasteiger partial charge in [-0.2, -0.15) is 5.26 Å². The SMILES string of the molecule is CC1C(=O)NCCN1C(=O)c1ccc(C#N)cn1. The van der Waals surface area contributed by atoms with Crippen molar-refractivity contribution in [2.75, 3.05) is 13.1 Å². The molecule has 6 nitrogen and oxygen atoms in total. The third kappa shape index (κ3) is 2.15. The second-order valence-corrected chi connectivity index (χ2v) is 4.01. The zero-order valence-corrected chi connectivity index (χ0v) is 9.88. The van der Waals surface area contributed by atoms with Crippen molar-refractivity contribution in [3.8, 4) is 6.07 Å². The Balaban J connectivity index is 2.20. The molecule has 1 atom stereocenters. The van der Waals surface area contributed by atoms with Crippen LogP contribution in [0.15, 0.2) is 18.3 Å². The molecular weight excluding hydrogens is 232 g/mol. The molecule has 1 aliphatic rings. The maximum atomic E-state index is 12.2. The van der Waals surface area contributed by atoms with E-state index >= 15 is 0 Å². The molecule has 1 fully saturated rings. The minimum absolute atomic E-state index is 0.164. The maximum Gasteiger partial charge on any atom is 0.273 e. The van der Waals surface area contributed by atoms with Crippen molar-refractivity contribution < 1.29 is 9.59 Å². The Bertz CT molecular complexity index is 518. The lowest BCUT2D eigenvalue weighted by Gasteiger charge is -2.32. The van der Waals surface area contributed by atoms with Crippen molar-refractivity contribution in [2.24, 2.45) is 0 Å². The molecule has 0 aliphatic carbocycles. The Morgan fingerprint density at radius 1 is 1.61 bits per heavy atom. The lowest BCUT2D eigenvalue weighted by molar-refractivity contribution is -0.127. The molecule has 0 saturated carbocycles. The third-order valence-corrected chi connectivity index (χ3v) is 2.87. The van der Waals surface area contributed by atoms with E-state index in [0.717, 1.165) is 0 Å². The Kier molecular flexibility index (Phi) is 3.24. The van der Waals surface area contributed by atoms with Gasteiger partial charge in [0.1, 0.15) is 17.8 Å². The maximum absolute atomic E-state index is 12.2. The number of carbonyl (C=O) groups is 2. The van der Waals surface area contributed by atoms with Crippen molar-refractivity contribution in [1.82, 2.24) is 15.2 Å². The van der Waals surface area contributed by atoms with E-state index in [-0.39, 0.29) is 17.5 Å². The van der Waals surface area contributed by atoms with Gasteiger partial charge in [-0.05, 0) is 19.1 Å². The van der Waals surface area contributed by atoms with Crippen molar-refractivity contribution >= 4 is 11.8 Å². The fourth-order valence-corrected chi connectivity index (χ4v) is 1.79. The van der Waals surface area contributed by atoms with Crippen molar-refractivity contribution in [2.45, 2.75) is 13.0 Å². The summed E-state index contributed by atoms with van der Waals surface area (Å²) >= 11 is 0. The number of nitrogens with one attached hydrogen (secondary N) is 1. The van der Waals surface area contributed by atoms with Crippen LogP contribution in [0.1, 0.15) is 23.0 Å². The summed E-state index contributed by atoms with van der Waals surface area (Å²) in [4.78, 5) is 29.0. The van der Waals surface area contributed by atoms with E-state index in [4.69, 9.17) is 5.26 Å². The summed E-state index contributed by atoms with van der Waals surface area (Å²) in [6.07, 6.45) is 1.35. The molecule has 2 amide bonds. The second kappa shape index (κ2) is 4.84. The standard InChI is InChI=1S/C12H12N4O2/c1-8-11(17)14-4-5-16(8)12(18)10-3-2-9(6-13)7-15-10/h2-3,7-8H,4-5H2,1H3,(H,14,17). The highest BCUT2D eigenvalue weighted by molar-refractivity contribution is 5.96. The summed E-state index contributed by atoms with van der Waals surface area (Å²) in [7, 11) is 0. The van der Waals surface area contributed by atoms with Gasteiger partial charge in [0.2, 0.25) is 5.91 Å². The van der Waals surface area contributed by atoms with Gasteiger partial charge in [0.05, 0.1) is 5.56 Å². The highest BCUT2D eigenvalue weighted by atomic mass is 16.2. The van der Waals surface area contributed by atoms with Gasteiger partial charge in [-0.25, -0.2) is 4.98 Å². The molecule has 1 aromatic heterocycles. The Morgan fingerprint density at radius 3 is 3.00 bits per heavy atom. The van der Waals surface area contributed by atoms with Crippen LogP contribution in [0.2, 0.25) is 0 Å². The lowest BCUT2D eigenvalue weighted by Crippen LogP contribution is -2.55. The fraction of sp³-hybridized carbons (Fsp3) is 0.333. The van der Waals surface area contributed by atoms with Crippen LogP contribution in [0.5, 0.6) is 0 Å². The molecule has 1 aromatic rings. The minimum atomic E-state index is -0.497. The Hall–Kier alpha value is -2.42. The quantitative estimate of drug-likeness (QED) is 0.748. The van der Waals surface area contributed by atoms with E-state index in [1.807, 2.05) is 6.07 Å². The first-order valence-electron chi connectivity index (χ1n) is 5.58. The van der Waals surface area contributed by atoms with Crippen LogP contribution in [-0.2, 0) is 4.79 Å². The summed E-state index contributed by atoms with van der Waals surface area (Å²) in [5, 5.41) is 11.3. The monoisotopic (exact) mass is 244 g/mol. The number of rotatable bonds is 1. The topological polar surface area (TPSA) is 86.1 Å². The van der Waals surface area contributed by atoms with E-state index in [2.05, 4.69) is 10.3 Å². The molecule has 1 saturated heterocycles. The van der Waals surface area contributed by atoms with Crippen LogP contribution in [0.4, 0.5) is 0 Å². The zero-order valence-electron chi connectivity index (χ0n) is 9.88. The predicted molar refractivity (Wildman–Crippen MR) is 62.5 cm³/mol. The Labute approximate surface area is 104 Å². The summed E-state index contributed by atoms with van der Waals surface area (Å²) in [5.41, 5.74) is 0.645. The molecule has 0 bridgehead atoms. The smallest absolute Gasteiger partial charge is 0.273 e. The minimum Gasteiger partial charge on any atom is -0.353 e. The molecule has 6 heteroatoms. The summed E-state index contributed by atoms with van der Waals surface area (Å²) in [5.74, 6) is -0.454. The van der Waals surface area contributed by atoms with Gasteiger partial charge in [0.25, 0.3) is 5.91 Å². The van der Waals surface area contributed by atoms with Gasteiger partial charge in [-0.15, -0.1) is 0 Å². The second-order valence-electron chi connectivity index (χ2n) is 4.01. The summed E-state index contributed by atoms with van der Waals surface area (Å²) < 4.78 is 0. The molecule has 18 heavy (non-hydrogen) atoms. The first-order valence-corrected chi connectivity index (χ1v) is 5.58. The lowest BCUT2D eigenvalue weighted by atomic mass is 10.1. The molecular formula is C12H12N4O2. The van der Waals surface area contributed by atoms with Gasteiger partial charge in [0.15, 0.2) is 0 Å². The van der Waals surface area contributed by atoms with E-state index in [1.54, 1.807) is 6.92 Å². The van der Waals surface area contributed by atoms with Crippen LogP contribution >= 0.6 is 0 Å².